The number of hydrogen-bond acceptors (Lipinski definition) is 1. The van der Waals surface area contributed by atoms with Crippen molar-refractivity contribution in [3.8, 4) is 0 Å². The molecular weight excluding hydrogens is 218 g/mol. The fourth-order valence-corrected chi connectivity index (χ4v) is 2.59. The Morgan fingerprint density at radius 2 is 1.67 bits per heavy atom. The van der Waals surface area contributed by atoms with Crippen LogP contribution in [0.2, 0.25) is 0 Å². The lowest BCUT2D eigenvalue weighted by molar-refractivity contribution is 0.580. The van der Waals surface area contributed by atoms with Crippen molar-refractivity contribution in [1.29, 1.82) is 0 Å². The summed E-state index contributed by atoms with van der Waals surface area (Å²) in [6.07, 6.45) is 3.02. The molecule has 0 amide bonds. The van der Waals surface area contributed by atoms with Gasteiger partial charge < -0.3 is 0 Å². The highest BCUT2D eigenvalue weighted by molar-refractivity contribution is 5.29. The smallest absolute Gasteiger partial charge is 0.0431 e. The molecule has 0 radical (unpaired) electrons. The van der Waals surface area contributed by atoms with Gasteiger partial charge in [0.1, 0.15) is 0 Å². The standard InChI is InChI=1S/C17H21N/c1-13-8-4-5-9-16(13)14(2)12-15(3)17-10-6-7-11-18-17/h4-11,14-15H,12H2,1-3H3. The van der Waals surface area contributed by atoms with Crippen LogP contribution in [0.3, 0.4) is 0 Å². The van der Waals surface area contributed by atoms with Crippen molar-refractivity contribution in [2.24, 2.45) is 0 Å². The van der Waals surface area contributed by atoms with Crippen LogP contribution in [0.25, 0.3) is 0 Å². The van der Waals surface area contributed by atoms with Gasteiger partial charge in [-0.2, -0.15) is 0 Å². The first kappa shape index (κ1) is 12.8. The Morgan fingerprint density at radius 1 is 0.944 bits per heavy atom. The summed E-state index contributed by atoms with van der Waals surface area (Å²) in [6, 6.07) is 14.8. The lowest BCUT2D eigenvalue weighted by Gasteiger charge is -2.19. The highest BCUT2D eigenvalue weighted by atomic mass is 14.7. The molecule has 1 heteroatoms. The highest BCUT2D eigenvalue weighted by Crippen LogP contribution is 2.29. The maximum absolute atomic E-state index is 4.45. The summed E-state index contributed by atoms with van der Waals surface area (Å²) in [5.41, 5.74) is 4.04. The summed E-state index contributed by atoms with van der Waals surface area (Å²) >= 11 is 0. The largest absolute Gasteiger partial charge is 0.261 e. The second kappa shape index (κ2) is 5.81. The molecule has 2 unspecified atom stereocenters. The maximum Gasteiger partial charge on any atom is 0.0431 e. The lowest BCUT2D eigenvalue weighted by Crippen LogP contribution is -2.04. The Balaban J connectivity index is 2.08. The molecule has 0 aliphatic rings. The Bertz CT molecular complexity index is 490. The Kier molecular flexibility index (Phi) is 4.14. The van der Waals surface area contributed by atoms with Gasteiger partial charge in [-0.05, 0) is 48.4 Å². The zero-order valence-electron chi connectivity index (χ0n) is 11.4. The predicted octanol–water partition coefficient (Wildman–Crippen LogP) is 4.69. The molecule has 0 N–H and O–H groups in total. The average Bonchev–Trinajstić information content (AvgIpc) is 2.40. The molecular formula is C17H21N. The quantitative estimate of drug-likeness (QED) is 0.754. The zero-order chi connectivity index (χ0) is 13.0. The molecule has 1 aromatic carbocycles. The number of nitrogens with zero attached hydrogens (tertiary/aromatic N) is 1. The number of rotatable bonds is 4. The Hall–Kier alpha value is -1.63. The molecule has 2 rings (SSSR count). The van der Waals surface area contributed by atoms with Crippen LogP contribution in [-0.4, -0.2) is 4.98 Å². The Labute approximate surface area is 110 Å². The van der Waals surface area contributed by atoms with E-state index < -0.39 is 0 Å². The molecule has 0 aliphatic carbocycles. The van der Waals surface area contributed by atoms with Gasteiger partial charge in [0.05, 0.1) is 0 Å². The van der Waals surface area contributed by atoms with Crippen LogP contribution in [0.15, 0.2) is 48.7 Å². The molecule has 94 valence electrons. The number of pyridine rings is 1. The molecule has 2 atom stereocenters. The van der Waals surface area contributed by atoms with Gasteiger partial charge in [-0.3, -0.25) is 4.98 Å². The molecule has 1 heterocycles. The van der Waals surface area contributed by atoms with Gasteiger partial charge in [0.15, 0.2) is 0 Å². The lowest BCUT2D eigenvalue weighted by atomic mass is 9.87. The summed E-state index contributed by atoms with van der Waals surface area (Å²) in [5.74, 6) is 1.07. The molecule has 0 fully saturated rings. The molecule has 2 aromatic rings. The van der Waals surface area contributed by atoms with E-state index in [2.05, 4.69) is 62.2 Å². The van der Waals surface area contributed by atoms with Crippen molar-refractivity contribution in [3.63, 3.8) is 0 Å². The van der Waals surface area contributed by atoms with Gasteiger partial charge in [0.2, 0.25) is 0 Å². The summed E-state index contributed by atoms with van der Waals surface area (Å²) in [6.45, 7) is 6.76. The van der Waals surface area contributed by atoms with E-state index in [1.165, 1.54) is 16.8 Å². The van der Waals surface area contributed by atoms with Crippen molar-refractivity contribution in [1.82, 2.24) is 4.98 Å². The predicted molar refractivity (Wildman–Crippen MR) is 76.9 cm³/mol. The fraction of sp³-hybridized carbons (Fsp3) is 0.353. The molecule has 18 heavy (non-hydrogen) atoms. The highest BCUT2D eigenvalue weighted by Gasteiger charge is 2.14. The molecule has 1 nitrogen and oxygen atoms in total. The van der Waals surface area contributed by atoms with Crippen LogP contribution in [0, 0.1) is 6.92 Å². The van der Waals surface area contributed by atoms with Crippen LogP contribution in [-0.2, 0) is 0 Å². The second-order valence-corrected chi connectivity index (χ2v) is 5.15. The molecule has 1 aromatic heterocycles. The number of benzene rings is 1. The first-order valence-electron chi connectivity index (χ1n) is 6.65. The van der Waals surface area contributed by atoms with E-state index in [1.54, 1.807) is 0 Å². The van der Waals surface area contributed by atoms with Gasteiger partial charge in [-0.1, -0.05) is 44.2 Å². The third kappa shape index (κ3) is 2.98. The Morgan fingerprint density at radius 3 is 2.33 bits per heavy atom. The van der Waals surface area contributed by atoms with E-state index >= 15 is 0 Å². The van der Waals surface area contributed by atoms with Crippen molar-refractivity contribution < 1.29 is 0 Å². The van der Waals surface area contributed by atoms with Gasteiger partial charge in [0, 0.05) is 11.9 Å². The number of hydrogen-bond donors (Lipinski definition) is 0. The van der Waals surface area contributed by atoms with E-state index in [-0.39, 0.29) is 0 Å². The third-order valence-corrected chi connectivity index (χ3v) is 3.62. The van der Waals surface area contributed by atoms with Gasteiger partial charge >= 0.3 is 0 Å². The molecule has 0 spiro atoms. The zero-order valence-corrected chi connectivity index (χ0v) is 11.4. The van der Waals surface area contributed by atoms with Crippen LogP contribution in [0.5, 0.6) is 0 Å². The first-order valence-corrected chi connectivity index (χ1v) is 6.65. The summed E-state index contributed by atoms with van der Waals surface area (Å²) in [7, 11) is 0. The van der Waals surface area contributed by atoms with Gasteiger partial charge in [0.25, 0.3) is 0 Å². The van der Waals surface area contributed by atoms with E-state index in [0.29, 0.717) is 11.8 Å². The van der Waals surface area contributed by atoms with E-state index in [0.717, 1.165) is 6.42 Å². The van der Waals surface area contributed by atoms with Crippen LogP contribution in [0.1, 0.15) is 48.9 Å². The molecule has 0 saturated carbocycles. The van der Waals surface area contributed by atoms with Crippen molar-refractivity contribution in [3.05, 3.63) is 65.5 Å². The van der Waals surface area contributed by atoms with Crippen molar-refractivity contribution >= 4 is 0 Å². The summed E-state index contributed by atoms with van der Waals surface area (Å²) in [4.78, 5) is 4.45. The first-order chi connectivity index (χ1) is 8.68. The maximum atomic E-state index is 4.45. The molecule has 0 aliphatic heterocycles. The number of aryl methyl sites for hydroxylation is 1. The number of aromatic nitrogens is 1. The van der Waals surface area contributed by atoms with Crippen molar-refractivity contribution in [2.75, 3.05) is 0 Å². The molecule has 0 bridgehead atoms. The average molecular weight is 239 g/mol. The van der Waals surface area contributed by atoms with E-state index in [1.807, 2.05) is 12.3 Å². The minimum Gasteiger partial charge on any atom is -0.261 e. The topological polar surface area (TPSA) is 12.9 Å². The van der Waals surface area contributed by atoms with E-state index in [4.69, 9.17) is 0 Å². The summed E-state index contributed by atoms with van der Waals surface area (Å²) in [5, 5.41) is 0. The fourth-order valence-electron chi connectivity index (χ4n) is 2.59. The van der Waals surface area contributed by atoms with Gasteiger partial charge in [-0.15, -0.1) is 0 Å². The normalized spacial score (nSPS) is 14.2. The van der Waals surface area contributed by atoms with Crippen molar-refractivity contribution in [2.45, 2.75) is 39.0 Å². The third-order valence-electron chi connectivity index (χ3n) is 3.62. The molecule has 0 saturated heterocycles. The van der Waals surface area contributed by atoms with Crippen LogP contribution >= 0.6 is 0 Å². The summed E-state index contributed by atoms with van der Waals surface area (Å²) < 4.78 is 0. The minimum atomic E-state index is 0.501. The van der Waals surface area contributed by atoms with E-state index in [9.17, 15) is 0 Å². The van der Waals surface area contributed by atoms with Crippen LogP contribution in [0.4, 0.5) is 0 Å². The SMILES string of the molecule is Cc1ccccc1C(C)CC(C)c1ccccn1. The van der Waals surface area contributed by atoms with Crippen LogP contribution < -0.4 is 0 Å². The second-order valence-electron chi connectivity index (χ2n) is 5.15. The van der Waals surface area contributed by atoms with Gasteiger partial charge in [-0.25, -0.2) is 0 Å². The minimum absolute atomic E-state index is 0.501. The monoisotopic (exact) mass is 239 g/mol.